The molecular formula is C43H54O5S. The Hall–Kier alpha value is -4.03. The molecule has 0 bridgehead atoms. The van der Waals surface area contributed by atoms with Gasteiger partial charge in [0.1, 0.15) is 12.4 Å². The number of rotatable bonds is 13. The SMILES string of the molecule is CCCCCC(=O)OC.CCCc1ccccc1OCc1ccc(SCc2ccccc2)cc1.COC(=O)c1ccc2c(c1)CCCC2C. The average molecular weight is 683 g/mol. The van der Waals surface area contributed by atoms with E-state index in [0.717, 1.165) is 50.0 Å². The second kappa shape index (κ2) is 22.6. The number of hydrogen-bond acceptors (Lipinski definition) is 6. The van der Waals surface area contributed by atoms with E-state index in [4.69, 9.17) is 9.47 Å². The lowest BCUT2D eigenvalue weighted by Gasteiger charge is -2.22. The molecule has 4 aromatic carbocycles. The van der Waals surface area contributed by atoms with Crippen molar-refractivity contribution >= 4 is 23.7 Å². The lowest BCUT2D eigenvalue weighted by atomic mass is 9.83. The zero-order valence-electron chi connectivity index (χ0n) is 30.0. The first-order chi connectivity index (χ1) is 23.9. The maximum atomic E-state index is 11.4. The van der Waals surface area contributed by atoms with Crippen LogP contribution < -0.4 is 4.74 Å². The number of aryl methyl sites for hydroxylation is 2. The number of unbranched alkanes of at least 4 members (excludes halogenated alkanes) is 2. The summed E-state index contributed by atoms with van der Waals surface area (Å²) in [4.78, 5) is 23.1. The molecule has 0 radical (unpaired) electrons. The summed E-state index contributed by atoms with van der Waals surface area (Å²) in [6.07, 6.45) is 9.56. The van der Waals surface area contributed by atoms with Gasteiger partial charge in [0.15, 0.2) is 0 Å². The van der Waals surface area contributed by atoms with Crippen molar-refractivity contribution in [1.82, 2.24) is 0 Å². The first-order valence-corrected chi connectivity index (χ1v) is 18.6. The molecule has 0 N–H and O–H groups in total. The number of methoxy groups -OCH3 is 2. The van der Waals surface area contributed by atoms with E-state index in [0.29, 0.717) is 24.5 Å². The number of para-hydroxylation sites is 1. The number of fused-ring (bicyclic) bond motifs is 1. The average Bonchev–Trinajstić information content (AvgIpc) is 3.15. The van der Waals surface area contributed by atoms with Gasteiger partial charge in [0, 0.05) is 17.1 Å². The summed E-state index contributed by atoms with van der Waals surface area (Å²) >= 11 is 1.86. The highest BCUT2D eigenvalue weighted by Crippen LogP contribution is 2.31. The van der Waals surface area contributed by atoms with Crippen LogP contribution in [0.15, 0.2) is 102 Å². The highest BCUT2D eigenvalue weighted by Gasteiger charge is 2.18. The molecule has 1 atom stereocenters. The van der Waals surface area contributed by atoms with Crippen LogP contribution in [0.25, 0.3) is 0 Å². The van der Waals surface area contributed by atoms with Crippen molar-refractivity contribution in [2.24, 2.45) is 0 Å². The fourth-order valence-corrected chi connectivity index (χ4v) is 6.48. The molecule has 0 saturated heterocycles. The zero-order chi connectivity index (χ0) is 35.3. The van der Waals surface area contributed by atoms with Gasteiger partial charge in [-0.05, 0) is 96.2 Å². The zero-order valence-corrected chi connectivity index (χ0v) is 30.9. The largest absolute Gasteiger partial charge is 0.489 e. The van der Waals surface area contributed by atoms with Gasteiger partial charge in [-0.3, -0.25) is 4.79 Å². The molecule has 0 aliphatic heterocycles. The van der Waals surface area contributed by atoms with Crippen LogP contribution in [0.5, 0.6) is 5.75 Å². The van der Waals surface area contributed by atoms with E-state index in [9.17, 15) is 9.59 Å². The van der Waals surface area contributed by atoms with Crippen LogP contribution in [0.3, 0.4) is 0 Å². The summed E-state index contributed by atoms with van der Waals surface area (Å²) in [5.41, 5.74) is 7.23. The van der Waals surface area contributed by atoms with Crippen molar-refractivity contribution in [3.63, 3.8) is 0 Å². The van der Waals surface area contributed by atoms with Crippen LogP contribution in [0.4, 0.5) is 0 Å². The van der Waals surface area contributed by atoms with Gasteiger partial charge >= 0.3 is 11.9 Å². The second-order valence-corrected chi connectivity index (χ2v) is 13.3. The predicted octanol–water partition coefficient (Wildman–Crippen LogP) is 11.2. The molecule has 262 valence electrons. The third-order valence-corrected chi connectivity index (χ3v) is 9.53. The minimum Gasteiger partial charge on any atom is -0.489 e. The maximum Gasteiger partial charge on any atom is 0.337 e. The molecule has 0 heterocycles. The van der Waals surface area contributed by atoms with E-state index in [1.807, 2.05) is 30.0 Å². The van der Waals surface area contributed by atoms with E-state index in [1.54, 1.807) is 0 Å². The van der Waals surface area contributed by atoms with Crippen molar-refractivity contribution in [2.75, 3.05) is 14.2 Å². The predicted molar refractivity (Wildman–Crippen MR) is 203 cm³/mol. The van der Waals surface area contributed by atoms with Crippen LogP contribution in [-0.2, 0) is 39.5 Å². The van der Waals surface area contributed by atoms with Gasteiger partial charge in [-0.15, -0.1) is 11.8 Å². The summed E-state index contributed by atoms with van der Waals surface area (Å²) in [5.74, 6) is 2.30. The first kappa shape index (κ1) is 39.4. The molecule has 0 amide bonds. The fraction of sp³-hybridized carbons (Fsp3) is 0.395. The van der Waals surface area contributed by atoms with E-state index in [2.05, 4.69) is 104 Å². The molecule has 49 heavy (non-hydrogen) atoms. The molecule has 1 aliphatic carbocycles. The van der Waals surface area contributed by atoms with Gasteiger partial charge in [0.2, 0.25) is 0 Å². The molecule has 0 aromatic heterocycles. The van der Waals surface area contributed by atoms with Crippen molar-refractivity contribution < 1.29 is 23.8 Å². The highest BCUT2D eigenvalue weighted by molar-refractivity contribution is 7.98. The second-order valence-electron chi connectivity index (χ2n) is 12.3. The van der Waals surface area contributed by atoms with Crippen LogP contribution in [-0.4, -0.2) is 26.2 Å². The van der Waals surface area contributed by atoms with Crippen LogP contribution >= 0.6 is 11.8 Å². The topological polar surface area (TPSA) is 61.8 Å². The Labute approximate surface area is 298 Å². The van der Waals surface area contributed by atoms with Gasteiger partial charge in [-0.2, -0.15) is 0 Å². The molecule has 6 heteroatoms. The number of carbonyl (C=O) groups excluding carboxylic acids is 2. The number of thioether (sulfide) groups is 1. The van der Waals surface area contributed by atoms with Gasteiger partial charge in [-0.25, -0.2) is 4.79 Å². The summed E-state index contributed by atoms with van der Waals surface area (Å²) in [6.45, 7) is 7.17. The standard InChI is InChI=1S/C23H24OS.C13H16O2.C7H14O2/c1-2-8-21-11-6-7-12-23(21)24-17-19-13-15-22(16-14-19)25-18-20-9-4-3-5-10-20;1-9-4-3-5-10-8-11(13(14)15-2)6-7-12(9)10;1-3-4-5-6-7(8)9-2/h3-7,9-16H,2,8,17-18H2,1H3;6-9H,3-5H2,1-2H3;3-6H2,1-2H3. The van der Waals surface area contributed by atoms with Crippen molar-refractivity contribution in [3.05, 3.63) is 130 Å². The van der Waals surface area contributed by atoms with Crippen LogP contribution in [0.1, 0.15) is 110 Å². The maximum absolute atomic E-state index is 11.4. The molecule has 5 nitrogen and oxygen atoms in total. The van der Waals surface area contributed by atoms with E-state index < -0.39 is 0 Å². The number of ether oxygens (including phenoxy) is 3. The monoisotopic (exact) mass is 682 g/mol. The Bertz CT molecular complexity index is 1530. The van der Waals surface area contributed by atoms with Crippen molar-refractivity contribution in [3.8, 4) is 5.75 Å². The van der Waals surface area contributed by atoms with E-state index in [-0.39, 0.29) is 11.9 Å². The molecular weight excluding hydrogens is 629 g/mol. The minimum absolute atomic E-state index is 0.0940. The number of esters is 2. The van der Waals surface area contributed by atoms with Crippen molar-refractivity contribution in [1.29, 1.82) is 0 Å². The Balaban J connectivity index is 0.000000229. The van der Waals surface area contributed by atoms with Gasteiger partial charge in [0.05, 0.1) is 19.8 Å². The Morgan fingerprint density at radius 1 is 0.796 bits per heavy atom. The smallest absolute Gasteiger partial charge is 0.337 e. The van der Waals surface area contributed by atoms with Crippen LogP contribution in [0, 0.1) is 0 Å². The molecule has 0 spiro atoms. The van der Waals surface area contributed by atoms with E-state index in [1.165, 1.54) is 59.8 Å². The Morgan fingerprint density at radius 2 is 1.53 bits per heavy atom. The third-order valence-electron chi connectivity index (χ3n) is 8.45. The molecule has 5 rings (SSSR count). The quantitative estimate of drug-likeness (QED) is 0.0794. The summed E-state index contributed by atoms with van der Waals surface area (Å²) < 4.78 is 15.2. The Morgan fingerprint density at radius 3 is 2.22 bits per heavy atom. The molecule has 0 fully saturated rings. The Kier molecular flexibility index (Phi) is 18.2. The van der Waals surface area contributed by atoms with Gasteiger partial charge in [0.25, 0.3) is 0 Å². The summed E-state index contributed by atoms with van der Waals surface area (Å²) in [7, 11) is 2.85. The van der Waals surface area contributed by atoms with Gasteiger partial charge < -0.3 is 14.2 Å². The fourth-order valence-electron chi connectivity index (χ4n) is 5.63. The number of benzene rings is 4. The van der Waals surface area contributed by atoms with Gasteiger partial charge in [-0.1, -0.05) is 107 Å². The molecule has 0 saturated carbocycles. The highest BCUT2D eigenvalue weighted by atomic mass is 32.2. The third kappa shape index (κ3) is 14.2. The summed E-state index contributed by atoms with van der Waals surface area (Å²) in [5, 5.41) is 0. The number of carbonyl (C=O) groups is 2. The normalized spacial score (nSPS) is 13.0. The summed E-state index contributed by atoms with van der Waals surface area (Å²) in [6, 6.07) is 33.5. The minimum atomic E-state index is -0.240. The van der Waals surface area contributed by atoms with Crippen molar-refractivity contribution in [2.45, 2.75) is 102 Å². The van der Waals surface area contributed by atoms with Crippen LogP contribution in [0.2, 0.25) is 0 Å². The first-order valence-electron chi connectivity index (χ1n) is 17.6. The lowest BCUT2D eigenvalue weighted by molar-refractivity contribution is -0.140. The molecule has 1 aliphatic rings. The lowest BCUT2D eigenvalue weighted by Crippen LogP contribution is -2.09. The number of hydrogen-bond donors (Lipinski definition) is 0. The molecule has 1 unspecified atom stereocenters. The molecule has 4 aromatic rings. The van der Waals surface area contributed by atoms with E-state index >= 15 is 0 Å².